The fourth-order valence-corrected chi connectivity index (χ4v) is 3.29. The summed E-state index contributed by atoms with van der Waals surface area (Å²) in [5.41, 5.74) is 0.868. The molecule has 1 fully saturated rings. The molecule has 0 spiro atoms. The number of benzene rings is 1. The van der Waals surface area contributed by atoms with E-state index in [1.165, 1.54) is 20.8 Å². The molecule has 2 heterocycles. The molecule has 0 amide bonds. The minimum atomic E-state index is -0.991. The maximum absolute atomic E-state index is 11.7. The molecule has 1 aromatic carbocycles. The number of ether oxygens (including phenoxy) is 4. The zero-order valence-electron chi connectivity index (χ0n) is 15.3. The van der Waals surface area contributed by atoms with E-state index < -0.39 is 42.4 Å². The van der Waals surface area contributed by atoms with E-state index in [-0.39, 0.29) is 6.61 Å². The predicted molar refractivity (Wildman–Crippen MR) is 93.6 cm³/mol. The van der Waals surface area contributed by atoms with Gasteiger partial charge in [0.05, 0.1) is 12.1 Å². The van der Waals surface area contributed by atoms with Crippen LogP contribution in [0.3, 0.4) is 0 Å². The molecule has 8 heteroatoms. The van der Waals surface area contributed by atoms with Crippen LogP contribution in [-0.2, 0) is 33.3 Å². The maximum Gasteiger partial charge on any atom is 0.303 e. The van der Waals surface area contributed by atoms with Gasteiger partial charge in [-0.1, -0.05) is 18.2 Å². The molecule has 0 saturated carbocycles. The molecular weight excluding hydrogens is 354 g/mol. The topological polar surface area (TPSA) is 93.1 Å². The number of carbonyl (C=O) groups is 3. The van der Waals surface area contributed by atoms with E-state index in [1.807, 2.05) is 41.1 Å². The first-order valence-electron chi connectivity index (χ1n) is 8.55. The number of hydrogen-bond donors (Lipinski definition) is 0. The van der Waals surface area contributed by atoms with Crippen molar-refractivity contribution in [2.45, 2.75) is 45.3 Å². The van der Waals surface area contributed by atoms with Crippen LogP contribution in [-0.4, -0.2) is 47.4 Å². The summed E-state index contributed by atoms with van der Waals surface area (Å²) in [6, 6.07) is 9.55. The van der Waals surface area contributed by atoms with Crippen LogP contribution >= 0.6 is 0 Å². The van der Waals surface area contributed by atoms with Gasteiger partial charge in [0.25, 0.3) is 0 Å². The fourth-order valence-electron chi connectivity index (χ4n) is 3.29. The highest BCUT2D eigenvalue weighted by Gasteiger charge is 2.47. The number of hydrogen-bond acceptors (Lipinski definition) is 7. The molecule has 0 unspecified atom stereocenters. The van der Waals surface area contributed by atoms with Crippen molar-refractivity contribution in [3.05, 3.63) is 36.5 Å². The smallest absolute Gasteiger partial charge is 0.303 e. The summed E-state index contributed by atoms with van der Waals surface area (Å²) in [6.07, 6.45) is -1.79. The normalized spacial score (nSPS) is 25.0. The van der Waals surface area contributed by atoms with E-state index in [9.17, 15) is 14.4 Å². The largest absolute Gasteiger partial charge is 0.456 e. The SMILES string of the molecule is CC(=O)O[C@@H]1[C@@H](OC(C)=O)[C@H](n2ccc3ccccc32)OC[C@@H]1OC(C)=O. The van der Waals surface area contributed by atoms with Gasteiger partial charge < -0.3 is 23.5 Å². The van der Waals surface area contributed by atoms with Crippen molar-refractivity contribution in [3.8, 4) is 0 Å². The zero-order chi connectivity index (χ0) is 19.6. The Morgan fingerprint density at radius 3 is 2.22 bits per heavy atom. The van der Waals surface area contributed by atoms with Crippen LogP contribution in [0.1, 0.15) is 27.0 Å². The highest BCUT2D eigenvalue weighted by atomic mass is 16.6. The standard InChI is InChI=1S/C19H21NO7/c1-11(21)25-16-10-24-19(18(27-13(3)23)17(16)26-12(2)22)20-9-8-14-6-4-5-7-15(14)20/h4-9,16-19H,10H2,1-3H3/t16-,17-,18+,19+/m0/s1. The Labute approximate surface area is 155 Å². The van der Waals surface area contributed by atoms with Gasteiger partial charge in [0, 0.05) is 27.0 Å². The molecule has 0 radical (unpaired) electrons. The van der Waals surface area contributed by atoms with Crippen LogP contribution in [0, 0.1) is 0 Å². The number of aromatic nitrogens is 1. The number of rotatable bonds is 4. The number of carbonyl (C=O) groups excluding carboxylic acids is 3. The summed E-state index contributed by atoms with van der Waals surface area (Å²) in [7, 11) is 0. The van der Waals surface area contributed by atoms with Crippen LogP contribution < -0.4 is 0 Å². The van der Waals surface area contributed by atoms with Crippen molar-refractivity contribution in [1.82, 2.24) is 4.57 Å². The summed E-state index contributed by atoms with van der Waals surface area (Å²) >= 11 is 0. The molecule has 1 aliphatic rings. The number of para-hydroxylation sites is 1. The van der Waals surface area contributed by atoms with Gasteiger partial charge in [-0.3, -0.25) is 14.4 Å². The molecule has 2 aromatic rings. The quantitative estimate of drug-likeness (QED) is 0.596. The predicted octanol–water partition coefficient (Wildman–Crippen LogP) is 1.97. The average Bonchev–Trinajstić information content (AvgIpc) is 3.00. The second-order valence-electron chi connectivity index (χ2n) is 6.30. The van der Waals surface area contributed by atoms with E-state index in [4.69, 9.17) is 18.9 Å². The lowest BCUT2D eigenvalue weighted by Crippen LogP contribution is -2.55. The summed E-state index contributed by atoms with van der Waals surface area (Å²) in [4.78, 5) is 34.8. The second-order valence-corrected chi connectivity index (χ2v) is 6.30. The molecule has 3 rings (SSSR count). The third kappa shape index (κ3) is 4.11. The molecule has 27 heavy (non-hydrogen) atoms. The van der Waals surface area contributed by atoms with Crippen molar-refractivity contribution in [3.63, 3.8) is 0 Å². The number of esters is 3. The number of fused-ring (bicyclic) bond motifs is 1. The molecule has 1 saturated heterocycles. The molecular formula is C19H21NO7. The first-order chi connectivity index (χ1) is 12.9. The van der Waals surface area contributed by atoms with E-state index in [2.05, 4.69) is 0 Å². The lowest BCUT2D eigenvalue weighted by Gasteiger charge is -2.41. The first-order valence-corrected chi connectivity index (χ1v) is 8.55. The van der Waals surface area contributed by atoms with E-state index in [1.54, 1.807) is 0 Å². The van der Waals surface area contributed by atoms with Crippen LogP contribution in [0.4, 0.5) is 0 Å². The third-order valence-corrected chi connectivity index (χ3v) is 4.23. The van der Waals surface area contributed by atoms with Gasteiger partial charge in [-0.05, 0) is 17.5 Å². The van der Waals surface area contributed by atoms with Crippen molar-refractivity contribution < 1.29 is 33.3 Å². The van der Waals surface area contributed by atoms with Crippen molar-refractivity contribution in [2.24, 2.45) is 0 Å². The first kappa shape index (κ1) is 18.9. The highest BCUT2D eigenvalue weighted by molar-refractivity contribution is 5.80. The van der Waals surface area contributed by atoms with E-state index >= 15 is 0 Å². The van der Waals surface area contributed by atoms with Crippen molar-refractivity contribution in [1.29, 1.82) is 0 Å². The van der Waals surface area contributed by atoms with Gasteiger partial charge >= 0.3 is 17.9 Å². The molecule has 1 aliphatic heterocycles. The molecule has 0 aliphatic carbocycles. The van der Waals surface area contributed by atoms with Gasteiger partial charge in [-0.25, -0.2) is 0 Å². The molecule has 0 bridgehead atoms. The Morgan fingerprint density at radius 2 is 1.56 bits per heavy atom. The highest BCUT2D eigenvalue weighted by Crippen LogP contribution is 2.33. The Balaban J connectivity index is 2.01. The molecule has 0 N–H and O–H groups in total. The van der Waals surface area contributed by atoms with Crippen LogP contribution in [0.2, 0.25) is 0 Å². The minimum absolute atomic E-state index is 0.00748. The molecule has 4 atom stereocenters. The van der Waals surface area contributed by atoms with Gasteiger partial charge in [0.1, 0.15) is 0 Å². The Hall–Kier alpha value is -2.87. The van der Waals surface area contributed by atoms with E-state index in [0.717, 1.165) is 10.9 Å². The van der Waals surface area contributed by atoms with Gasteiger partial charge in [0.2, 0.25) is 0 Å². The lowest BCUT2D eigenvalue weighted by atomic mass is 10.0. The minimum Gasteiger partial charge on any atom is -0.456 e. The van der Waals surface area contributed by atoms with Gasteiger partial charge in [-0.2, -0.15) is 0 Å². The monoisotopic (exact) mass is 375 g/mol. The molecule has 144 valence electrons. The summed E-state index contributed by atoms with van der Waals surface area (Å²) in [5, 5.41) is 0.980. The summed E-state index contributed by atoms with van der Waals surface area (Å²) in [5.74, 6) is -1.69. The van der Waals surface area contributed by atoms with E-state index in [0.29, 0.717) is 0 Å². The van der Waals surface area contributed by atoms with Crippen LogP contribution in [0.5, 0.6) is 0 Å². The second kappa shape index (κ2) is 7.79. The number of nitrogens with zero attached hydrogens (tertiary/aromatic N) is 1. The fraction of sp³-hybridized carbons (Fsp3) is 0.421. The third-order valence-electron chi connectivity index (χ3n) is 4.23. The van der Waals surface area contributed by atoms with Crippen LogP contribution in [0.25, 0.3) is 10.9 Å². The maximum atomic E-state index is 11.7. The van der Waals surface area contributed by atoms with Gasteiger partial charge in [-0.15, -0.1) is 0 Å². The molecule has 1 aromatic heterocycles. The Kier molecular flexibility index (Phi) is 5.46. The Morgan fingerprint density at radius 1 is 0.926 bits per heavy atom. The van der Waals surface area contributed by atoms with Gasteiger partial charge in [0.15, 0.2) is 24.5 Å². The average molecular weight is 375 g/mol. The zero-order valence-corrected chi connectivity index (χ0v) is 15.3. The Bertz CT molecular complexity index is 859. The molecule has 8 nitrogen and oxygen atoms in total. The van der Waals surface area contributed by atoms with Crippen molar-refractivity contribution >= 4 is 28.8 Å². The summed E-state index contributed by atoms with van der Waals surface area (Å²) in [6.45, 7) is 3.74. The summed E-state index contributed by atoms with van der Waals surface area (Å²) < 4.78 is 23.7. The van der Waals surface area contributed by atoms with Crippen LogP contribution in [0.15, 0.2) is 36.5 Å². The van der Waals surface area contributed by atoms with Crippen molar-refractivity contribution in [2.75, 3.05) is 6.61 Å². The lowest BCUT2D eigenvalue weighted by molar-refractivity contribution is -0.239.